The first-order valence-corrected chi connectivity index (χ1v) is 44.3. The number of aromatic amines is 1. The molecule has 0 spiro atoms. The number of halogens is 3. The lowest BCUT2D eigenvalue weighted by molar-refractivity contribution is -0.152. The number of nitrogens with two attached hydrogens (primary N) is 2. The van der Waals surface area contributed by atoms with Gasteiger partial charge in [0.05, 0.1) is 37.3 Å². The van der Waals surface area contributed by atoms with Gasteiger partial charge in [-0.15, -0.1) is 11.8 Å². The number of nitrogens with one attached hydrogen (secondary N) is 10. The second-order valence-electron chi connectivity index (χ2n) is 33.4. The van der Waals surface area contributed by atoms with Crippen molar-refractivity contribution in [3.05, 3.63) is 173 Å². The maximum Gasteiger partial charge on any atom is 0.305 e. The number of primary amides is 1. The molecule has 3 aliphatic heterocycles. The van der Waals surface area contributed by atoms with Crippen LogP contribution in [0.25, 0.3) is 10.9 Å². The summed E-state index contributed by atoms with van der Waals surface area (Å²) in [7, 11) is 3.49. The molecule has 1 aromatic heterocycles. The molecule has 3 saturated heterocycles. The Balaban J connectivity index is 1.14. The molecule has 716 valence electrons. The number of thioether (sulfide) groups is 1. The van der Waals surface area contributed by atoms with Crippen molar-refractivity contribution in [2.75, 3.05) is 58.8 Å². The van der Waals surface area contributed by atoms with E-state index in [1.807, 2.05) is 0 Å². The van der Waals surface area contributed by atoms with Crippen molar-refractivity contribution in [3.63, 3.8) is 0 Å². The van der Waals surface area contributed by atoms with Crippen LogP contribution in [0.1, 0.15) is 100.0 Å². The Bertz CT molecular complexity index is 5220. The molecule has 3 fully saturated rings. The van der Waals surface area contributed by atoms with Gasteiger partial charge >= 0.3 is 11.9 Å². The number of aromatic hydroxyl groups is 1. The van der Waals surface area contributed by atoms with Crippen LogP contribution in [0.4, 0.5) is 13.2 Å². The fourth-order valence-corrected chi connectivity index (χ4v) is 16.9. The number of aliphatic hydroxyl groups excluding tert-OH is 2. The van der Waals surface area contributed by atoms with Crippen LogP contribution in [-0.2, 0) is 114 Å². The van der Waals surface area contributed by atoms with Crippen LogP contribution in [0, 0.1) is 23.4 Å². The van der Waals surface area contributed by atoms with Gasteiger partial charge in [-0.3, -0.25) is 81.5 Å². The minimum absolute atomic E-state index is 0.157. The maximum absolute atomic E-state index is 15.7. The number of carboxylic acid groups (broad SMARTS) is 2. The molecular weight excluding hydrogens is 1760 g/mol. The van der Waals surface area contributed by atoms with Crippen LogP contribution < -0.4 is 59.3 Å². The van der Waals surface area contributed by atoms with Crippen molar-refractivity contribution >= 4 is 123 Å². The highest BCUT2D eigenvalue weighted by Crippen LogP contribution is 2.29. The molecule has 15 atom stereocenters. The number of para-hydroxylation sites is 1. The number of hydrogen-bond acceptors (Lipinski definition) is 22. The van der Waals surface area contributed by atoms with E-state index >= 15 is 51.9 Å². The summed E-state index contributed by atoms with van der Waals surface area (Å²) in [6.45, 7) is 2.24. The summed E-state index contributed by atoms with van der Waals surface area (Å²) in [5, 5.41) is 76.8. The van der Waals surface area contributed by atoms with E-state index in [1.54, 1.807) is 91.9 Å². The van der Waals surface area contributed by atoms with Crippen LogP contribution in [0.2, 0.25) is 0 Å². The van der Waals surface area contributed by atoms with Gasteiger partial charge in [-0.1, -0.05) is 125 Å². The van der Waals surface area contributed by atoms with Crippen LogP contribution in [0.3, 0.4) is 0 Å². The molecule has 5 aromatic carbocycles. The molecule has 0 unspecified atom stereocenters. The van der Waals surface area contributed by atoms with Crippen molar-refractivity contribution in [1.82, 2.24) is 77.3 Å². The SMILES string of the molecule is CCCC[C@H]1C(=O)N2C[C@H](O)C[C@@H]2C(=O)N[C@@H](CC(=O)O)C(=O)N[C@@H](C(C)C)C(=O)N(C)[C@H](Cc2ccccc2)C(=O)N[C@@H](CC(=O)O)C(=O)N2C[C@H](O)C[C@@H]2C(=O)N[C@@H](Cc2c[nH]c3ccccc23)C(=O)N[C@@H](Cc2ccc(O)cc2)C(=O)N[C@@H](CCN)C(=O)N[C@H](C(=O)NCC(N)=O)CSCC(=O)N[C@@H](Cc2cc(F)c(F)c(F)c2)C(=O)N(C)[C@@H](Cc2ccccc2)C(=O)N1C. The van der Waals surface area contributed by atoms with Crippen LogP contribution in [0.15, 0.2) is 128 Å². The average molecular weight is 1870 g/mol. The summed E-state index contributed by atoms with van der Waals surface area (Å²) in [5.41, 5.74) is 13.1. The molecule has 39 nitrogen and oxygen atoms in total. The van der Waals surface area contributed by atoms with E-state index in [1.165, 1.54) is 51.4 Å². The van der Waals surface area contributed by atoms with Crippen molar-refractivity contribution in [1.29, 1.82) is 0 Å². The first-order valence-electron chi connectivity index (χ1n) is 43.2. The number of likely N-dealkylation sites (N-methyl/N-ethyl adjacent to an activating group) is 3. The fourth-order valence-electron chi connectivity index (χ4n) is 16.1. The van der Waals surface area contributed by atoms with E-state index in [4.69, 9.17) is 11.5 Å². The van der Waals surface area contributed by atoms with E-state index in [-0.39, 0.29) is 43.5 Å². The molecule has 4 heterocycles. The lowest BCUT2D eigenvalue weighted by Crippen LogP contribution is -2.62. The van der Waals surface area contributed by atoms with Crippen LogP contribution in [-0.4, -0.2) is 305 Å². The number of carbonyl (C=O) groups excluding carboxylic acids is 15. The highest BCUT2D eigenvalue weighted by molar-refractivity contribution is 8.00. The highest BCUT2D eigenvalue weighted by Gasteiger charge is 2.49. The fraction of sp³-hybridized carbons (Fsp3) is 0.456. The Hall–Kier alpha value is -13.6. The number of fused-ring (bicyclic) bond motifs is 3. The third kappa shape index (κ3) is 28.3. The third-order valence-electron chi connectivity index (χ3n) is 23.2. The predicted octanol–water partition coefficient (Wildman–Crippen LogP) is -1.42. The number of unbranched alkanes of at least 4 members (excludes halogenated alkanes) is 1. The number of H-pyrrole nitrogens is 1. The van der Waals surface area contributed by atoms with E-state index in [2.05, 4.69) is 52.8 Å². The smallest absolute Gasteiger partial charge is 0.305 e. The van der Waals surface area contributed by atoms with Crippen molar-refractivity contribution in [2.24, 2.45) is 17.4 Å². The number of rotatable bonds is 23. The highest BCUT2D eigenvalue weighted by atomic mass is 32.2. The Morgan fingerprint density at radius 3 is 1.57 bits per heavy atom. The van der Waals surface area contributed by atoms with Gasteiger partial charge in [-0.2, -0.15) is 0 Å². The van der Waals surface area contributed by atoms with Crippen LogP contribution >= 0.6 is 11.8 Å². The number of nitrogens with zero attached hydrogens (tertiary/aromatic N) is 5. The number of phenols is 1. The summed E-state index contributed by atoms with van der Waals surface area (Å²) in [6.07, 6.45) is -7.33. The number of aromatic nitrogens is 1. The number of aliphatic hydroxyl groups is 2. The topological polar surface area (TPSA) is 584 Å². The summed E-state index contributed by atoms with van der Waals surface area (Å²) in [5.74, 6) is -28.0. The second-order valence-corrected chi connectivity index (χ2v) is 34.4. The quantitative estimate of drug-likeness (QED) is 0.0327. The maximum atomic E-state index is 15.7. The standard InChI is InChI=1S/C90H112F3N17O22S/c1-7-8-23-67-89(131)110-44-55(113)38-70(110)85(127)102-63(39-74(116)117)82(124)105-77(47(2)3)90(132)107(5)68(34-48-17-11-9-12-18-48)83(125)103-65(40-75(118)119)87(129)109-43-54(112)37-69(109)84(126)101-62(36-52-41-96-59-22-16-15-21-56(52)59)81(123)100-61(32-50-24-26-53(111)27-25-50)80(122)99-60(28-29-94)79(121)104-66(78(120)97-42-72(95)114)45-133-46-73(115)98-64(33-51-30-57(91)76(93)58(92)31-51)86(128)108(6)71(88(130)106(67)4)35-49-19-13-10-14-20-49/h9-22,24-27,30-31,41,47,54-55,60-71,77,96,111-113H,7-8,23,28-29,32-40,42-46,94H2,1-6H3,(H2,95,114)(H,97,120)(H,98,115)(H,99,122)(H,100,123)(H,101,126)(H,102,127)(H,103,125)(H,104,121)(H,105,124)(H,116,117)(H,118,119)/t54-,55-,60+,61+,62+,63+,64+,65+,66+,67+,68-,69-,70-,71+,77+/m1/s1. The number of hydrogen-bond donors (Lipinski definition) is 17. The van der Waals surface area contributed by atoms with Crippen molar-refractivity contribution in [2.45, 2.75) is 195 Å². The first-order chi connectivity index (χ1) is 63.1. The van der Waals surface area contributed by atoms with E-state index in [9.17, 15) is 68.3 Å². The van der Waals surface area contributed by atoms with Crippen molar-refractivity contribution in [3.8, 4) is 5.75 Å². The van der Waals surface area contributed by atoms with Gasteiger partial charge in [0.15, 0.2) is 17.5 Å². The normalized spacial score (nSPS) is 24.7. The molecular formula is C90H112F3N17O22S. The second kappa shape index (κ2) is 48.0. The summed E-state index contributed by atoms with van der Waals surface area (Å²) < 4.78 is 45.0. The summed E-state index contributed by atoms with van der Waals surface area (Å²) >= 11 is 0.612. The molecule has 0 bridgehead atoms. The lowest BCUT2D eigenvalue weighted by Gasteiger charge is -2.38. The Morgan fingerprint density at radius 1 is 0.511 bits per heavy atom. The molecule has 3 aliphatic rings. The third-order valence-corrected chi connectivity index (χ3v) is 24.2. The van der Waals surface area contributed by atoms with E-state index in [0.717, 1.165) is 38.6 Å². The number of carbonyl (C=O) groups is 17. The number of aliphatic carboxylic acids is 2. The Labute approximate surface area is 766 Å². The summed E-state index contributed by atoms with van der Waals surface area (Å²) in [6, 6.07) is 5.81. The van der Waals surface area contributed by atoms with Gasteiger partial charge in [-0.25, -0.2) is 13.2 Å². The minimum Gasteiger partial charge on any atom is -0.508 e. The van der Waals surface area contributed by atoms with E-state index in [0.29, 0.717) is 57.9 Å². The Kier molecular flexibility index (Phi) is 37.3. The predicted molar refractivity (Wildman–Crippen MR) is 474 cm³/mol. The molecule has 15 amide bonds. The van der Waals surface area contributed by atoms with Gasteiger partial charge in [0.1, 0.15) is 84.3 Å². The number of phenolic OH excluding ortho intramolecular Hbond substituents is 1. The van der Waals surface area contributed by atoms with Gasteiger partial charge in [0.25, 0.3) is 0 Å². The van der Waals surface area contributed by atoms with Crippen LogP contribution in [0.5, 0.6) is 5.75 Å². The van der Waals surface area contributed by atoms with Gasteiger partial charge in [0, 0.05) is 102 Å². The summed E-state index contributed by atoms with van der Waals surface area (Å²) in [4.78, 5) is 257. The molecule has 133 heavy (non-hydrogen) atoms. The zero-order chi connectivity index (χ0) is 97.4. The lowest BCUT2D eigenvalue weighted by atomic mass is 9.98. The molecule has 0 aliphatic carbocycles. The Morgan fingerprint density at radius 2 is 1.00 bits per heavy atom. The van der Waals surface area contributed by atoms with E-state index < -0.39 is 303 Å². The molecule has 6 aromatic rings. The molecule has 43 heteroatoms. The minimum atomic E-state index is -2.12. The number of carboxylic acids is 2. The average Bonchev–Trinajstić information content (AvgIpc) is 1.76. The van der Waals surface area contributed by atoms with Gasteiger partial charge in [-0.05, 0) is 83.5 Å². The van der Waals surface area contributed by atoms with Gasteiger partial charge in [0.2, 0.25) is 88.6 Å². The molecule has 19 N–H and O–H groups in total. The van der Waals surface area contributed by atoms with Gasteiger partial charge < -0.3 is 114 Å². The first kappa shape index (κ1) is 103. The number of benzene rings is 5. The largest absolute Gasteiger partial charge is 0.508 e. The zero-order valence-electron chi connectivity index (χ0n) is 73.9. The molecule has 9 rings (SSSR count). The monoisotopic (exact) mass is 1870 g/mol. The zero-order valence-corrected chi connectivity index (χ0v) is 74.7. The molecule has 0 saturated carbocycles. The number of amides is 15. The molecule has 0 radical (unpaired) electrons. The van der Waals surface area contributed by atoms with Crippen molar-refractivity contribution < 1.29 is 120 Å².